The van der Waals surface area contributed by atoms with Crippen LogP contribution in [0.25, 0.3) is 0 Å². The fourth-order valence-corrected chi connectivity index (χ4v) is 2.93. The maximum Gasteiger partial charge on any atom is 0.234 e. The largest absolute Gasteiger partial charge is 0.378 e. The van der Waals surface area contributed by atoms with Crippen molar-refractivity contribution in [2.24, 2.45) is 11.0 Å². The molecule has 1 rings (SSSR count). The molecule has 1 saturated heterocycles. The van der Waals surface area contributed by atoms with Crippen LogP contribution in [0.4, 0.5) is 0 Å². The number of nitro groups is 1. The second-order valence-electron chi connectivity index (χ2n) is 5.69. The van der Waals surface area contributed by atoms with Crippen molar-refractivity contribution < 1.29 is 9.77 Å². The van der Waals surface area contributed by atoms with Gasteiger partial charge < -0.3 is 15.0 Å². The van der Waals surface area contributed by atoms with Crippen molar-refractivity contribution in [3.63, 3.8) is 0 Å². The Morgan fingerprint density at radius 1 is 1.67 bits per heavy atom. The highest BCUT2D eigenvalue weighted by Gasteiger charge is 2.23. The summed E-state index contributed by atoms with van der Waals surface area (Å²) in [6.07, 6.45) is 4.20. The van der Waals surface area contributed by atoms with Gasteiger partial charge in [0.15, 0.2) is 5.03 Å². The van der Waals surface area contributed by atoms with E-state index < -0.39 is 5.03 Å². The first kappa shape index (κ1) is 18.2. The highest BCUT2D eigenvalue weighted by molar-refractivity contribution is 8.13. The molecule has 1 aliphatic heterocycles. The molecule has 1 fully saturated rings. The number of rotatable bonds is 7. The van der Waals surface area contributed by atoms with Gasteiger partial charge in [0.1, 0.15) is 0 Å². The van der Waals surface area contributed by atoms with Crippen molar-refractivity contribution in [1.29, 1.82) is 0 Å². The molecule has 0 aliphatic carbocycles. The Balaban J connectivity index is 2.25. The third kappa shape index (κ3) is 7.63. The first-order valence-corrected chi connectivity index (χ1v) is 8.46. The zero-order chi connectivity index (χ0) is 15.8. The molecule has 0 amide bonds. The average Bonchev–Trinajstić information content (AvgIpc) is 2.80. The van der Waals surface area contributed by atoms with Crippen LogP contribution in [0.2, 0.25) is 0 Å². The van der Waals surface area contributed by atoms with Crippen molar-refractivity contribution in [1.82, 2.24) is 10.2 Å². The summed E-state index contributed by atoms with van der Waals surface area (Å²) in [5.41, 5.74) is 0. The van der Waals surface area contributed by atoms with E-state index in [9.17, 15) is 10.1 Å². The van der Waals surface area contributed by atoms with Gasteiger partial charge in [-0.05, 0) is 52.5 Å². The molecule has 1 N–H and O–H groups in total. The van der Waals surface area contributed by atoms with Crippen LogP contribution < -0.4 is 5.32 Å². The molecule has 1 heterocycles. The number of nitrogens with zero attached hydrogens (tertiary/aromatic N) is 3. The van der Waals surface area contributed by atoms with E-state index in [1.165, 1.54) is 11.8 Å². The number of hydrogen-bond acceptors (Lipinski definition) is 5. The van der Waals surface area contributed by atoms with E-state index >= 15 is 0 Å². The SMILES string of the molecule is CSC(=N[N+](=O)[O-])NC(C)CCN(C)CC1COC(C)C1. The van der Waals surface area contributed by atoms with Crippen molar-refractivity contribution in [2.75, 3.05) is 33.0 Å². The van der Waals surface area contributed by atoms with Gasteiger partial charge in [-0.3, -0.25) is 0 Å². The van der Waals surface area contributed by atoms with Gasteiger partial charge in [-0.1, -0.05) is 11.8 Å². The van der Waals surface area contributed by atoms with Crippen LogP contribution >= 0.6 is 11.8 Å². The van der Waals surface area contributed by atoms with Crippen LogP contribution in [0.15, 0.2) is 5.10 Å². The average molecular weight is 318 g/mol. The number of thioether (sulfide) groups is 1. The molecule has 0 spiro atoms. The van der Waals surface area contributed by atoms with Gasteiger partial charge in [0.25, 0.3) is 0 Å². The van der Waals surface area contributed by atoms with Gasteiger partial charge in [0.05, 0.1) is 17.8 Å². The second kappa shape index (κ2) is 9.22. The van der Waals surface area contributed by atoms with E-state index in [4.69, 9.17) is 4.74 Å². The highest BCUT2D eigenvalue weighted by Crippen LogP contribution is 2.19. The Morgan fingerprint density at radius 3 is 2.90 bits per heavy atom. The van der Waals surface area contributed by atoms with Crippen molar-refractivity contribution in [3.05, 3.63) is 10.1 Å². The molecule has 122 valence electrons. The van der Waals surface area contributed by atoms with Crippen LogP contribution in [0.5, 0.6) is 0 Å². The molecular weight excluding hydrogens is 292 g/mol. The Hall–Kier alpha value is -0.860. The summed E-state index contributed by atoms with van der Waals surface area (Å²) in [7, 11) is 2.11. The number of ether oxygens (including phenoxy) is 1. The maximum absolute atomic E-state index is 10.4. The third-order valence-electron chi connectivity index (χ3n) is 3.53. The molecule has 0 aromatic rings. The standard InChI is InChI=1S/C13H26N4O3S/c1-10(14-13(21-4)15-17(18)19)5-6-16(3)8-12-7-11(2)20-9-12/h10-12H,5-9H2,1-4H3,(H,14,15). The summed E-state index contributed by atoms with van der Waals surface area (Å²) in [5, 5.41) is 16.5. The monoisotopic (exact) mass is 318 g/mol. The van der Waals surface area contributed by atoms with E-state index in [2.05, 4.69) is 29.3 Å². The van der Waals surface area contributed by atoms with E-state index in [0.29, 0.717) is 17.2 Å². The molecule has 3 atom stereocenters. The highest BCUT2D eigenvalue weighted by atomic mass is 32.2. The van der Waals surface area contributed by atoms with Gasteiger partial charge in [-0.25, -0.2) is 10.1 Å². The van der Waals surface area contributed by atoms with E-state index in [1.807, 2.05) is 6.92 Å². The Kier molecular flexibility index (Phi) is 7.98. The Labute approximate surface area is 130 Å². The molecule has 0 radical (unpaired) electrons. The van der Waals surface area contributed by atoms with Crippen LogP contribution in [0.3, 0.4) is 0 Å². The van der Waals surface area contributed by atoms with Gasteiger partial charge in [-0.2, -0.15) is 0 Å². The zero-order valence-corrected chi connectivity index (χ0v) is 14.1. The lowest BCUT2D eigenvalue weighted by atomic mass is 10.1. The maximum atomic E-state index is 10.4. The summed E-state index contributed by atoms with van der Waals surface area (Å²) in [5.74, 6) is 0.617. The summed E-state index contributed by atoms with van der Waals surface area (Å²) in [4.78, 5) is 12.7. The van der Waals surface area contributed by atoms with Gasteiger partial charge >= 0.3 is 0 Å². The summed E-state index contributed by atoms with van der Waals surface area (Å²) in [6.45, 7) is 6.96. The van der Waals surface area contributed by atoms with Crippen LogP contribution in [0.1, 0.15) is 26.7 Å². The van der Waals surface area contributed by atoms with Gasteiger partial charge in [0, 0.05) is 12.6 Å². The summed E-state index contributed by atoms with van der Waals surface area (Å²) in [6, 6.07) is 0.150. The van der Waals surface area contributed by atoms with E-state index in [1.54, 1.807) is 6.26 Å². The minimum absolute atomic E-state index is 0.150. The second-order valence-corrected chi connectivity index (χ2v) is 6.48. The van der Waals surface area contributed by atoms with E-state index in [-0.39, 0.29) is 6.04 Å². The number of hydrazone groups is 1. The van der Waals surface area contributed by atoms with E-state index in [0.717, 1.165) is 32.5 Å². The quantitative estimate of drug-likeness (QED) is 0.332. The van der Waals surface area contributed by atoms with Gasteiger partial charge in [0.2, 0.25) is 5.17 Å². The lowest BCUT2D eigenvalue weighted by Gasteiger charge is -2.22. The molecule has 21 heavy (non-hydrogen) atoms. The normalized spacial score (nSPS) is 24.3. The zero-order valence-electron chi connectivity index (χ0n) is 13.2. The molecule has 3 unspecified atom stereocenters. The number of amidine groups is 1. The molecule has 0 aromatic heterocycles. The smallest absolute Gasteiger partial charge is 0.234 e. The predicted molar refractivity (Wildman–Crippen MR) is 86.2 cm³/mol. The Morgan fingerprint density at radius 2 is 2.38 bits per heavy atom. The first-order chi connectivity index (χ1) is 9.90. The fraction of sp³-hybridized carbons (Fsp3) is 0.923. The third-order valence-corrected chi connectivity index (χ3v) is 4.12. The molecule has 1 aliphatic rings. The first-order valence-electron chi connectivity index (χ1n) is 7.24. The summed E-state index contributed by atoms with van der Waals surface area (Å²) < 4.78 is 5.57. The molecule has 7 nitrogen and oxygen atoms in total. The molecule has 0 aromatic carbocycles. The van der Waals surface area contributed by atoms with Crippen molar-refractivity contribution in [3.8, 4) is 0 Å². The summed E-state index contributed by atoms with van der Waals surface area (Å²) >= 11 is 1.25. The van der Waals surface area contributed by atoms with Crippen LogP contribution in [0, 0.1) is 16.0 Å². The van der Waals surface area contributed by atoms with Crippen molar-refractivity contribution >= 4 is 16.9 Å². The predicted octanol–water partition coefficient (Wildman–Crippen LogP) is 1.62. The number of hydrogen-bond donors (Lipinski definition) is 1. The van der Waals surface area contributed by atoms with Crippen LogP contribution in [-0.4, -0.2) is 60.2 Å². The molecule has 0 saturated carbocycles. The molecule has 8 heteroatoms. The fourth-order valence-electron chi connectivity index (χ4n) is 2.46. The van der Waals surface area contributed by atoms with Crippen LogP contribution in [-0.2, 0) is 4.74 Å². The lowest BCUT2D eigenvalue weighted by Crippen LogP contribution is -2.35. The minimum atomic E-state index is -0.668. The van der Waals surface area contributed by atoms with Gasteiger partial charge in [-0.15, -0.1) is 0 Å². The van der Waals surface area contributed by atoms with Crippen molar-refractivity contribution in [2.45, 2.75) is 38.8 Å². The number of nitrogens with one attached hydrogen (secondary N) is 1. The molecular formula is C13H26N4O3S. The lowest BCUT2D eigenvalue weighted by molar-refractivity contribution is -0.484. The Bertz CT molecular complexity index is 367. The minimum Gasteiger partial charge on any atom is -0.378 e. The molecule has 0 bridgehead atoms. The topological polar surface area (TPSA) is 80.0 Å².